The smallest absolute Gasteiger partial charge is 0.315 e. The molecule has 0 fully saturated rings. The Bertz CT molecular complexity index is 428. The standard InChI is InChI=1S/C12H15ClF3NO/c13-7-3-1-2-4-8-17-9-10(12(14,15)16)5-6-11(17)18/h5-6,9H,1-4,7-8H2. The van der Waals surface area contributed by atoms with Crippen LogP contribution in [0.1, 0.15) is 31.2 Å². The molecule has 0 radical (unpaired) electrons. The first kappa shape index (κ1) is 15.1. The number of rotatable bonds is 6. The molecule has 1 rings (SSSR count). The molecule has 0 aliphatic carbocycles. The molecule has 0 N–H and O–H groups in total. The predicted octanol–water partition coefficient (Wildman–Crippen LogP) is 3.67. The van der Waals surface area contributed by atoms with Crippen molar-refractivity contribution in [3.8, 4) is 0 Å². The minimum Gasteiger partial charge on any atom is -0.315 e. The van der Waals surface area contributed by atoms with Crippen LogP contribution in [-0.2, 0) is 12.7 Å². The zero-order chi connectivity index (χ0) is 13.6. The minimum absolute atomic E-state index is 0.311. The van der Waals surface area contributed by atoms with Crippen LogP contribution in [0.5, 0.6) is 0 Å². The zero-order valence-corrected chi connectivity index (χ0v) is 10.6. The average molecular weight is 282 g/mol. The number of unbranched alkanes of at least 4 members (excludes halogenated alkanes) is 3. The second kappa shape index (κ2) is 6.83. The molecule has 0 amide bonds. The quantitative estimate of drug-likeness (QED) is 0.576. The van der Waals surface area contributed by atoms with Gasteiger partial charge in [-0.3, -0.25) is 4.79 Å². The topological polar surface area (TPSA) is 22.0 Å². The van der Waals surface area contributed by atoms with Gasteiger partial charge in [-0.25, -0.2) is 0 Å². The van der Waals surface area contributed by atoms with Gasteiger partial charge < -0.3 is 4.57 Å². The summed E-state index contributed by atoms with van der Waals surface area (Å²) in [6.45, 7) is 0.311. The van der Waals surface area contributed by atoms with Gasteiger partial charge in [-0.1, -0.05) is 12.8 Å². The summed E-state index contributed by atoms with van der Waals surface area (Å²) in [6, 6.07) is 1.77. The highest BCUT2D eigenvalue weighted by Gasteiger charge is 2.30. The second-order valence-electron chi connectivity index (χ2n) is 4.05. The van der Waals surface area contributed by atoms with E-state index in [1.54, 1.807) is 0 Å². The van der Waals surface area contributed by atoms with E-state index >= 15 is 0 Å². The highest BCUT2D eigenvalue weighted by Crippen LogP contribution is 2.28. The van der Waals surface area contributed by atoms with Crippen LogP contribution in [0.2, 0.25) is 0 Å². The van der Waals surface area contributed by atoms with Gasteiger partial charge in [0, 0.05) is 24.7 Å². The van der Waals surface area contributed by atoms with E-state index < -0.39 is 17.3 Å². The summed E-state index contributed by atoms with van der Waals surface area (Å²) < 4.78 is 38.5. The van der Waals surface area contributed by atoms with Gasteiger partial charge in [-0.05, 0) is 18.9 Å². The third-order valence-corrected chi connectivity index (χ3v) is 2.86. The van der Waals surface area contributed by atoms with Crippen molar-refractivity contribution in [1.82, 2.24) is 4.57 Å². The van der Waals surface area contributed by atoms with E-state index in [4.69, 9.17) is 11.6 Å². The number of nitrogens with zero attached hydrogens (tertiary/aromatic N) is 1. The molecule has 1 aromatic rings. The van der Waals surface area contributed by atoms with Crippen LogP contribution in [-0.4, -0.2) is 10.4 Å². The number of hydrogen-bond donors (Lipinski definition) is 0. The van der Waals surface area contributed by atoms with Gasteiger partial charge in [0.25, 0.3) is 5.56 Å². The largest absolute Gasteiger partial charge is 0.417 e. The molecule has 0 unspecified atom stereocenters. The molecule has 0 spiro atoms. The molecule has 1 aromatic heterocycles. The van der Waals surface area contributed by atoms with Crippen LogP contribution < -0.4 is 5.56 Å². The molecule has 0 bridgehead atoms. The fourth-order valence-electron chi connectivity index (χ4n) is 1.60. The number of hydrogen-bond acceptors (Lipinski definition) is 1. The van der Waals surface area contributed by atoms with Crippen molar-refractivity contribution in [3.63, 3.8) is 0 Å². The Morgan fingerprint density at radius 1 is 1.11 bits per heavy atom. The first-order valence-electron chi connectivity index (χ1n) is 5.79. The van der Waals surface area contributed by atoms with Crippen LogP contribution >= 0.6 is 11.6 Å². The summed E-state index contributed by atoms with van der Waals surface area (Å²) in [6.07, 6.45) is -0.179. The molecule has 1 heterocycles. The molecule has 0 saturated carbocycles. The highest BCUT2D eigenvalue weighted by atomic mass is 35.5. The molecular weight excluding hydrogens is 267 g/mol. The van der Waals surface area contributed by atoms with Crippen LogP contribution in [0.4, 0.5) is 13.2 Å². The van der Waals surface area contributed by atoms with Crippen LogP contribution in [0.15, 0.2) is 23.1 Å². The van der Waals surface area contributed by atoms with E-state index in [1.165, 1.54) is 0 Å². The normalized spacial score (nSPS) is 11.8. The van der Waals surface area contributed by atoms with E-state index in [0.29, 0.717) is 18.8 Å². The van der Waals surface area contributed by atoms with E-state index in [2.05, 4.69) is 0 Å². The molecule has 0 aliphatic rings. The van der Waals surface area contributed by atoms with Crippen molar-refractivity contribution in [2.24, 2.45) is 0 Å². The van der Waals surface area contributed by atoms with Gasteiger partial charge in [0.15, 0.2) is 0 Å². The summed E-state index contributed by atoms with van der Waals surface area (Å²) >= 11 is 5.51. The summed E-state index contributed by atoms with van der Waals surface area (Å²) in [5.41, 5.74) is -1.19. The van der Waals surface area contributed by atoms with Crippen molar-refractivity contribution in [1.29, 1.82) is 0 Å². The van der Waals surface area contributed by atoms with E-state index in [1.807, 2.05) is 0 Å². The van der Waals surface area contributed by atoms with Crippen LogP contribution in [0, 0.1) is 0 Å². The van der Waals surface area contributed by atoms with Crippen molar-refractivity contribution in [2.45, 2.75) is 38.4 Å². The van der Waals surface area contributed by atoms with Crippen molar-refractivity contribution >= 4 is 11.6 Å². The first-order chi connectivity index (χ1) is 8.45. The van der Waals surface area contributed by atoms with E-state index in [9.17, 15) is 18.0 Å². The van der Waals surface area contributed by atoms with Gasteiger partial charge in [0.05, 0.1) is 5.56 Å². The fourth-order valence-corrected chi connectivity index (χ4v) is 1.79. The molecule has 2 nitrogen and oxygen atoms in total. The maximum Gasteiger partial charge on any atom is 0.417 e. The third-order valence-electron chi connectivity index (χ3n) is 2.59. The second-order valence-corrected chi connectivity index (χ2v) is 4.43. The molecule has 0 aromatic carbocycles. The van der Waals surface area contributed by atoms with Crippen molar-refractivity contribution in [3.05, 3.63) is 34.2 Å². The predicted molar refractivity (Wildman–Crippen MR) is 64.9 cm³/mol. The molecule has 102 valence electrons. The first-order valence-corrected chi connectivity index (χ1v) is 6.32. The Morgan fingerprint density at radius 3 is 2.39 bits per heavy atom. The monoisotopic (exact) mass is 281 g/mol. The van der Waals surface area contributed by atoms with Gasteiger partial charge in [-0.15, -0.1) is 11.6 Å². The number of alkyl halides is 4. The lowest BCUT2D eigenvalue weighted by Gasteiger charge is -2.10. The summed E-state index contributed by atoms with van der Waals surface area (Å²) in [5, 5.41) is 0. The zero-order valence-electron chi connectivity index (χ0n) is 9.84. The molecule has 18 heavy (non-hydrogen) atoms. The van der Waals surface area contributed by atoms with Gasteiger partial charge in [-0.2, -0.15) is 13.2 Å². The van der Waals surface area contributed by atoms with Gasteiger partial charge in [0.1, 0.15) is 0 Å². The van der Waals surface area contributed by atoms with E-state index in [-0.39, 0.29) is 0 Å². The molecule has 0 saturated heterocycles. The number of halogens is 4. The number of aromatic nitrogens is 1. The lowest BCUT2D eigenvalue weighted by Crippen LogP contribution is -2.21. The molecular formula is C12H15ClF3NO. The SMILES string of the molecule is O=c1ccc(C(F)(F)F)cn1CCCCCCCl. The van der Waals surface area contributed by atoms with Crippen LogP contribution in [0.3, 0.4) is 0 Å². The fraction of sp³-hybridized carbons (Fsp3) is 0.583. The van der Waals surface area contributed by atoms with E-state index in [0.717, 1.165) is 42.2 Å². The van der Waals surface area contributed by atoms with Crippen molar-refractivity contribution in [2.75, 3.05) is 5.88 Å². The average Bonchev–Trinajstić information content (AvgIpc) is 2.29. The summed E-state index contributed by atoms with van der Waals surface area (Å²) in [5.74, 6) is 0.587. The van der Waals surface area contributed by atoms with Crippen LogP contribution in [0.25, 0.3) is 0 Å². The van der Waals surface area contributed by atoms with Gasteiger partial charge in [0.2, 0.25) is 0 Å². The minimum atomic E-state index is -4.41. The molecule has 6 heteroatoms. The third kappa shape index (κ3) is 4.72. The highest BCUT2D eigenvalue weighted by molar-refractivity contribution is 6.17. The molecule has 0 aliphatic heterocycles. The van der Waals surface area contributed by atoms with Gasteiger partial charge >= 0.3 is 6.18 Å². The Hall–Kier alpha value is -0.970. The maximum atomic E-state index is 12.5. The lowest BCUT2D eigenvalue weighted by molar-refractivity contribution is -0.138. The number of aryl methyl sites for hydroxylation is 1. The Kier molecular flexibility index (Phi) is 5.72. The Morgan fingerprint density at radius 2 is 1.78 bits per heavy atom. The number of pyridine rings is 1. The lowest BCUT2D eigenvalue weighted by atomic mass is 10.2. The Labute approximate surface area is 108 Å². The summed E-state index contributed by atoms with van der Waals surface area (Å²) in [4.78, 5) is 11.4. The Balaban J connectivity index is 2.62. The molecule has 0 atom stereocenters. The maximum absolute atomic E-state index is 12.5. The van der Waals surface area contributed by atoms with Crippen molar-refractivity contribution < 1.29 is 13.2 Å². The summed E-state index contributed by atoms with van der Waals surface area (Å²) in [7, 11) is 0.